The quantitative estimate of drug-likeness (QED) is 0.470. The number of halogens is 1. The predicted octanol–water partition coefficient (Wildman–Crippen LogP) is 4.31. The Labute approximate surface area is 162 Å². The second-order valence-corrected chi connectivity index (χ2v) is 7.57. The molecule has 0 aliphatic heterocycles. The van der Waals surface area contributed by atoms with Crippen molar-refractivity contribution in [1.29, 1.82) is 0 Å². The summed E-state index contributed by atoms with van der Waals surface area (Å²) in [7, 11) is -3.78. The SMILES string of the molecule is CCOc1ccc(S(=O)(=O)N/N=C/c2ccc(-c3cccc(Cl)c3)o2)cc1. The molecule has 1 heterocycles. The van der Waals surface area contributed by atoms with Crippen LogP contribution in [-0.2, 0) is 10.0 Å². The van der Waals surface area contributed by atoms with Crippen molar-refractivity contribution in [2.24, 2.45) is 5.10 Å². The van der Waals surface area contributed by atoms with Gasteiger partial charge in [0.25, 0.3) is 10.0 Å². The average molecular weight is 405 g/mol. The third-order valence-corrected chi connectivity index (χ3v) is 5.02. The molecule has 2 aromatic carbocycles. The van der Waals surface area contributed by atoms with Crippen LogP contribution >= 0.6 is 11.6 Å². The van der Waals surface area contributed by atoms with Crippen LogP contribution in [0.15, 0.2) is 75.1 Å². The van der Waals surface area contributed by atoms with E-state index in [2.05, 4.69) is 9.93 Å². The maximum Gasteiger partial charge on any atom is 0.276 e. The van der Waals surface area contributed by atoms with Crippen LogP contribution in [0.4, 0.5) is 0 Å². The fourth-order valence-corrected chi connectivity index (χ4v) is 3.29. The zero-order valence-electron chi connectivity index (χ0n) is 14.4. The molecule has 0 aliphatic carbocycles. The van der Waals surface area contributed by atoms with E-state index < -0.39 is 10.0 Å². The molecule has 0 atom stereocenters. The van der Waals surface area contributed by atoms with Gasteiger partial charge in [-0.15, -0.1) is 0 Å². The molecule has 0 saturated carbocycles. The van der Waals surface area contributed by atoms with Crippen molar-refractivity contribution in [3.8, 4) is 17.1 Å². The van der Waals surface area contributed by atoms with Crippen LogP contribution in [0.5, 0.6) is 5.75 Å². The molecule has 1 aromatic heterocycles. The van der Waals surface area contributed by atoms with Gasteiger partial charge in [-0.25, -0.2) is 0 Å². The maximum absolute atomic E-state index is 12.2. The van der Waals surface area contributed by atoms with Gasteiger partial charge in [-0.05, 0) is 55.5 Å². The number of nitrogens with zero attached hydrogens (tertiary/aromatic N) is 1. The lowest BCUT2D eigenvalue weighted by Crippen LogP contribution is -2.18. The lowest BCUT2D eigenvalue weighted by Gasteiger charge is -2.05. The molecule has 0 unspecified atom stereocenters. The van der Waals surface area contributed by atoms with E-state index in [0.29, 0.717) is 28.9 Å². The number of hydrogen-bond donors (Lipinski definition) is 1. The first-order valence-electron chi connectivity index (χ1n) is 8.11. The minimum atomic E-state index is -3.78. The number of benzene rings is 2. The van der Waals surface area contributed by atoms with Crippen molar-refractivity contribution in [1.82, 2.24) is 4.83 Å². The van der Waals surface area contributed by atoms with E-state index in [0.717, 1.165) is 5.56 Å². The molecule has 0 amide bonds. The van der Waals surface area contributed by atoms with Gasteiger partial charge in [0.2, 0.25) is 0 Å². The van der Waals surface area contributed by atoms with Crippen LogP contribution < -0.4 is 9.57 Å². The summed E-state index contributed by atoms with van der Waals surface area (Å²) in [5, 5.41) is 4.36. The van der Waals surface area contributed by atoms with E-state index in [4.69, 9.17) is 20.8 Å². The first kappa shape index (κ1) is 19.0. The molecule has 0 bridgehead atoms. The van der Waals surface area contributed by atoms with Crippen LogP contribution in [0.3, 0.4) is 0 Å². The Hall–Kier alpha value is -2.77. The minimum Gasteiger partial charge on any atom is -0.494 e. The molecule has 8 heteroatoms. The van der Waals surface area contributed by atoms with Gasteiger partial charge in [0.15, 0.2) is 0 Å². The van der Waals surface area contributed by atoms with Gasteiger partial charge in [0, 0.05) is 10.6 Å². The van der Waals surface area contributed by atoms with Gasteiger partial charge >= 0.3 is 0 Å². The number of rotatable bonds is 7. The summed E-state index contributed by atoms with van der Waals surface area (Å²) in [5.74, 6) is 1.61. The van der Waals surface area contributed by atoms with Crippen LogP contribution in [-0.4, -0.2) is 21.2 Å². The molecule has 0 aliphatic rings. The van der Waals surface area contributed by atoms with Crippen molar-refractivity contribution in [2.45, 2.75) is 11.8 Å². The van der Waals surface area contributed by atoms with Crippen LogP contribution in [0, 0.1) is 0 Å². The van der Waals surface area contributed by atoms with Gasteiger partial charge < -0.3 is 9.15 Å². The summed E-state index contributed by atoms with van der Waals surface area (Å²) < 4.78 is 35.4. The van der Waals surface area contributed by atoms with E-state index in [1.165, 1.54) is 18.3 Å². The number of sulfonamides is 1. The Morgan fingerprint density at radius 1 is 1.15 bits per heavy atom. The second-order valence-electron chi connectivity index (χ2n) is 5.47. The normalized spacial score (nSPS) is 11.6. The Morgan fingerprint density at radius 3 is 2.63 bits per heavy atom. The summed E-state index contributed by atoms with van der Waals surface area (Å²) in [6.07, 6.45) is 1.29. The summed E-state index contributed by atoms with van der Waals surface area (Å²) >= 11 is 5.97. The Kier molecular flexibility index (Phi) is 5.83. The number of nitrogens with one attached hydrogen (secondary N) is 1. The van der Waals surface area contributed by atoms with Crippen molar-refractivity contribution < 1.29 is 17.6 Å². The molecule has 1 N–H and O–H groups in total. The maximum atomic E-state index is 12.2. The fourth-order valence-electron chi connectivity index (χ4n) is 2.31. The van der Waals surface area contributed by atoms with Crippen molar-refractivity contribution in [3.05, 3.63) is 71.4 Å². The standard InChI is InChI=1S/C19H17ClN2O4S/c1-2-25-16-6-9-18(10-7-16)27(23,24)22-21-13-17-8-11-19(26-17)14-4-3-5-15(20)12-14/h3-13,22H,2H2,1H3/b21-13+. The van der Waals surface area contributed by atoms with Gasteiger partial charge in [-0.3, -0.25) is 0 Å². The van der Waals surface area contributed by atoms with Crippen molar-refractivity contribution in [3.63, 3.8) is 0 Å². The van der Waals surface area contributed by atoms with Gasteiger partial charge in [-0.1, -0.05) is 23.7 Å². The average Bonchev–Trinajstić information content (AvgIpc) is 3.11. The third-order valence-electron chi connectivity index (χ3n) is 3.55. The van der Waals surface area contributed by atoms with Crippen LogP contribution in [0.2, 0.25) is 5.02 Å². The van der Waals surface area contributed by atoms with E-state index in [9.17, 15) is 8.42 Å². The van der Waals surface area contributed by atoms with Crippen molar-refractivity contribution >= 4 is 27.8 Å². The number of hydrazone groups is 1. The number of furan rings is 1. The van der Waals surface area contributed by atoms with Crippen LogP contribution in [0.1, 0.15) is 12.7 Å². The van der Waals surface area contributed by atoms with Gasteiger partial charge in [-0.2, -0.15) is 18.4 Å². The monoisotopic (exact) mass is 404 g/mol. The molecule has 3 aromatic rings. The summed E-state index contributed by atoms with van der Waals surface area (Å²) in [5.41, 5.74) is 0.817. The Bertz CT molecular complexity index is 1040. The molecule has 6 nitrogen and oxygen atoms in total. The van der Waals surface area contributed by atoms with E-state index >= 15 is 0 Å². The molecule has 0 radical (unpaired) electrons. The molecule has 27 heavy (non-hydrogen) atoms. The molecule has 140 valence electrons. The van der Waals surface area contributed by atoms with E-state index in [-0.39, 0.29) is 4.90 Å². The fraction of sp³-hybridized carbons (Fsp3) is 0.105. The zero-order chi connectivity index (χ0) is 19.3. The van der Waals surface area contributed by atoms with E-state index in [1.807, 2.05) is 19.1 Å². The molecular formula is C19H17ClN2O4S. The molecule has 3 rings (SSSR count). The van der Waals surface area contributed by atoms with Gasteiger partial charge in [0.1, 0.15) is 17.3 Å². The third kappa shape index (κ3) is 4.90. The zero-order valence-corrected chi connectivity index (χ0v) is 16.0. The highest BCUT2D eigenvalue weighted by Gasteiger charge is 2.12. The molecular weight excluding hydrogens is 388 g/mol. The Balaban J connectivity index is 1.68. The minimum absolute atomic E-state index is 0.0853. The van der Waals surface area contributed by atoms with Gasteiger partial charge in [0.05, 0.1) is 17.7 Å². The van der Waals surface area contributed by atoms with Crippen LogP contribution in [0.25, 0.3) is 11.3 Å². The largest absolute Gasteiger partial charge is 0.494 e. The first-order chi connectivity index (χ1) is 13.0. The lowest BCUT2D eigenvalue weighted by molar-refractivity contribution is 0.340. The molecule has 0 fully saturated rings. The summed E-state index contributed by atoms with van der Waals surface area (Å²) in [6.45, 7) is 2.36. The molecule has 0 saturated heterocycles. The number of hydrogen-bond acceptors (Lipinski definition) is 5. The molecule has 0 spiro atoms. The second kappa shape index (κ2) is 8.28. The highest BCUT2D eigenvalue weighted by molar-refractivity contribution is 7.89. The van der Waals surface area contributed by atoms with E-state index in [1.54, 1.807) is 36.4 Å². The first-order valence-corrected chi connectivity index (χ1v) is 9.97. The smallest absolute Gasteiger partial charge is 0.276 e. The highest BCUT2D eigenvalue weighted by atomic mass is 35.5. The summed E-state index contributed by atoms with van der Waals surface area (Å²) in [6, 6.07) is 16.7. The lowest BCUT2D eigenvalue weighted by atomic mass is 10.2. The van der Waals surface area contributed by atoms with Crippen molar-refractivity contribution in [2.75, 3.05) is 6.61 Å². The topological polar surface area (TPSA) is 80.9 Å². The summed E-state index contributed by atoms with van der Waals surface area (Å²) in [4.78, 5) is 2.24. The highest BCUT2D eigenvalue weighted by Crippen LogP contribution is 2.24. The predicted molar refractivity (Wildman–Crippen MR) is 105 cm³/mol. The Morgan fingerprint density at radius 2 is 1.93 bits per heavy atom. The number of ether oxygens (including phenoxy) is 1.